The number of fused-ring (bicyclic) bond motifs is 1. The Hall–Kier alpha value is -3.69. The van der Waals surface area contributed by atoms with Crippen LogP contribution in [0.4, 0.5) is 24.5 Å². The zero-order valence-corrected chi connectivity index (χ0v) is 18.4. The van der Waals surface area contributed by atoms with Crippen LogP contribution >= 0.6 is 11.6 Å². The van der Waals surface area contributed by atoms with Crippen LogP contribution in [0.25, 0.3) is 22.2 Å². The Morgan fingerprint density at radius 3 is 2.47 bits per heavy atom. The topological polar surface area (TPSA) is 84.3 Å². The van der Waals surface area contributed by atoms with Crippen molar-refractivity contribution >= 4 is 39.8 Å². The van der Waals surface area contributed by atoms with Crippen molar-refractivity contribution in [1.29, 1.82) is 0 Å². The molecule has 2 N–H and O–H groups in total. The number of aromatic nitrogens is 2. The molecule has 0 saturated heterocycles. The number of hydrogen-bond donors (Lipinski definition) is 2. The lowest BCUT2D eigenvalue weighted by Crippen LogP contribution is -2.04. The van der Waals surface area contributed by atoms with E-state index < -0.39 is 17.7 Å². The normalized spacial score (nSPS) is 11.6. The third kappa shape index (κ3) is 4.95. The minimum absolute atomic E-state index is 0.0296. The van der Waals surface area contributed by atoms with Crippen molar-refractivity contribution in [2.24, 2.45) is 0 Å². The van der Waals surface area contributed by atoms with E-state index in [1.165, 1.54) is 31.5 Å². The van der Waals surface area contributed by atoms with Gasteiger partial charge in [-0.05, 0) is 42.5 Å². The molecule has 6 nitrogen and oxygen atoms in total. The smallest absolute Gasteiger partial charge is 0.416 e. The molecule has 0 fully saturated rings. The van der Waals surface area contributed by atoms with Crippen LogP contribution in [0, 0.1) is 0 Å². The van der Waals surface area contributed by atoms with Crippen molar-refractivity contribution < 1.29 is 27.8 Å². The van der Waals surface area contributed by atoms with Crippen LogP contribution in [-0.2, 0) is 17.5 Å². The average Bonchev–Trinajstić information content (AvgIpc) is 2.78. The highest BCUT2D eigenvalue weighted by atomic mass is 35.5. The second kappa shape index (κ2) is 9.28. The first kappa shape index (κ1) is 23.5. The number of rotatable bonds is 6. The standard InChI is InChI=1S/C24H17ClF3N3O3/c1-34-12-17-10-21(30-16-5-3-15(4-6-16)24(26,27)28)18-7-2-13(9-20(18)31-17)22-19(25)8-14(11-29-22)23(32)33/h2-11H,12H2,1H3,(H,30,31)(H,32,33). The molecule has 0 bridgehead atoms. The van der Waals surface area contributed by atoms with Crippen LogP contribution in [0.15, 0.2) is 60.8 Å². The molecule has 174 valence electrons. The van der Waals surface area contributed by atoms with Crippen LogP contribution in [0.3, 0.4) is 0 Å². The van der Waals surface area contributed by atoms with Gasteiger partial charge in [0.2, 0.25) is 0 Å². The molecule has 2 aromatic heterocycles. The van der Waals surface area contributed by atoms with Crippen molar-refractivity contribution in [3.63, 3.8) is 0 Å². The summed E-state index contributed by atoms with van der Waals surface area (Å²) in [6.07, 6.45) is -3.19. The highest BCUT2D eigenvalue weighted by Gasteiger charge is 2.30. The number of nitrogens with one attached hydrogen (secondary N) is 1. The molecule has 34 heavy (non-hydrogen) atoms. The Morgan fingerprint density at radius 2 is 1.85 bits per heavy atom. The van der Waals surface area contributed by atoms with Crippen LogP contribution in [0.2, 0.25) is 5.02 Å². The minimum atomic E-state index is -4.41. The number of alkyl halides is 3. The molecule has 0 aliphatic carbocycles. The van der Waals surface area contributed by atoms with E-state index in [1.54, 1.807) is 24.3 Å². The summed E-state index contributed by atoms with van der Waals surface area (Å²) in [7, 11) is 1.53. The summed E-state index contributed by atoms with van der Waals surface area (Å²) in [6.45, 7) is 0.216. The number of halogens is 4. The maximum atomic E-state index is 12.9. The Bertz CT molecular complexity index is 1380. The molecule has 2 heterocycles. The van der Waals surface area contributed by atoms with E-state index in [1.807, 2.05) is 0 Å². The molecule has 2 aromatic carbocycles. The van der Waals surface area contributed by atoms with Crippen LogP contribution in [0.5, 0.6) is 0 Å². The number of aromatic carboxylic acids is 1. The van der Waals surface area contributed by atoms with E-state index in [0.717, 1.165) is 12.1 Å². The lowest BCUT2D eigenvalue weighted by molar-refractivity contribution is -0.137. The Balaban J connectivity index is 1.75. The Labute approximate surface area is 197 Å². The third-order valence-electron chi connectivity index (χ3n) is 5.01. The third-order valence-corrected chi connectivity index (χ3v) is 5.30. The summed E-state index contributed by atoms with van der Waals surface area (Å²) in [4.78, 5) is 19.9. The van der Waals surface area contributed by atoms with Crippen molar-refractivity contribution in [1.82, 2.24) is 9.97 Å². The summed E-state index contributed by atoms with van der Waals surface area (Å²) in [5, 5.41) is 13.1. The van der Waals surface area contributed by atoms with E-state index in [2.05, 4.69) is 15.3 Å². The zero-order chi connectivity index (χ0) is 24.5. The van der Waals surface area contributed by atoms with Crippen molar-refractivity contribution in [3.8, 4) is 11.3 Å². The zero-order valence-electron chi connectivity index (χ0n) is 17.7. The molecule has 0 saturated carbocycles. The molecule has 0 aliphatic rings. The van der Waals surface area contributed by atoms with Gasteiger partial charge in [-0.1, -0.05) is 23.7 Å². The molecule has 0 unspecified atom stereocenters. The first-order valence-electron chi connectivity index (χ1n) is 9.92. The fourth-order valence-corrected chi connectivity index (χ4v) is 3.70. The molecule has 0 atom stereocenters. The summed E-state index contributed by atoms with van der Waals surface area (Å²) in [5.74, 6) is -1.13. The molecule has 10 heteroatoms. The average molecular weight is 488 g/mol. The van der Waals surface area contributed by atoms with Crippen LogP contribution in [0.1, 0.15) is 21.6 Å². The summed E-state index contributed by atoms with van der Waals surface area (Å²) in [6, 6.07) is 13.1. The number of hydrogen-bond acceptors (Lipinski definition) is 5. The molecule has 4 aromatic rings. The number of methoxy groups -OCH3 is 1. The lowest BCUT2D eigenvalue weighted by Gasteiger charge is -2.14. The van der Waals surface area contributed by atoms with E-state index >= 15 is 0 Å². The molecular weight excluding hydrogens is 471 g/mol. The molecule has 0 radical (unpaired) electrons. The van der Waals surface area contributed by atoms with Gasteiger partial charge in [0.15, 0.2) is 0 Å². The predicted octanol–water partition coefficient (Wildman–Crippen LogP) is 6.56. The lowest BCUT2D eigenvalue weighted by atomic mass is 10.1. The van der Waals surface area contributed by atoms with Gasteiger partial charge in [0, 0.05) is 35.6 Å². The predicted molar refractivity (Wildman–Crippen MR) is 122 cm³/mol. The second-order valence-electron chi connectivity index (χ2n) is 7.39. The summed E-state index contributed by atoms with van der Waals surface area (Å²) in [5.41, 5.74) is 2.52. The number of ether oxygens (including phenoxy) is 1. The first-order chi connectivity index (χ1) is 16.2. The molecular formula is C24H17ClF3N3O3. The van der Waals surface area contributed by atoms with Crippen molar-refractivity contribution in [2.75, 3.05) is 12.4 Å². The van der Waals surface area contributed by atoms with Gasteiger partial charge < -0.3 is 15.2 Å². The van der Waals surface area contributed by atoms with Gasteiger partial charge in [-0.3, -0.25) is 9.97 Å². The van der Waals surface area contributed by atoms with Gasteiger partial charge in [0.1, 0.15) is 0 Å². The SMILES string of the molecule is COCc1cc(Nc2ccc(C(F)(F)F)cc2)c2ccc(-c3ncc(C(=O)O)cc3Cl)cc2n1. The van der Waals surface area contributed by atoms with Gasteiger partial charge in [-0.15, -0.1) is 0 Å². The fraction of sp³-hybridized carbons (Fsp3) is 0.125. The monoisotopic (exact) mass is 487 g/mol. The quantitative estimate of drug-likeness (QED) is 0.320. The van der Waals surface area contributed by atoms with E-state index in [0.29, 0.717) is 39.2 Å². The maximum Gasteiger partial charge on any atom is 0.416 e. The molecule has 0 aliphatic heterocycles. The minimum Gasteiger partial charge on any atom is -0.478 e. The second-order valence-corrected chi connectivity index (χ2v) is 7.79. The highest BCUT2D eigenvalue weighted by molar-refractivity contribution is 6.33. The van der Waals surface area contributed by atoms with Gasteiger partial charge in [-0.2, -0.15) is 13.2 Å². The maximum absolute atomic E-state index is 12.9. The van der Waals surface area contributed by atoms with Gasteiger partial charge in [0.05, 0.1) is 39.7 Å². The number of carboxylic acid groups (broad SMARTS) is 1. The van der Waals surface area contributed by atoms with Gasteiger partial charge in [0.25, 0.3) is 0 Å². The van der Waals surface area contributed by atoms with Crippen LogP contribution in [-0.4, -0.2) is 28.2 Å². The van der Waals surface area contributed by atoms with E-state index in [-0.39, 0.29) is 17.2 Å². The van der Waals surface area contributed by atoms with E-state index in [9.17, 15) is 18.0 Å². The Morgan fingerprint density at radius 1 is 1.12 bits per heavy atom. The molecule has 4 rings (SSSR count). The summed E-state index contributed by atoms with van der Waals surface area (Å²) < 4.78 is 43.8. The number of carboxylic acids is 1. The molecule has 0 spiro atoms. The number of benzene rings is 2. The van der Waals surface area contributed by atoms with E-state index in [4.69, 9.17) is 21.4 Å². The molecule has 0 amide bonds. The van der Waals surface area contributed by atoms with Gasteiger partial charge >= 0.3 is 12.1 Å². The highest BCUT2D eigenvalue weighted by Crippen LogP contribution is 2.34. The first-order valence-corrected chi connectivity index (χ1v) is 10.3. The number of carbonyl (C=O) groups is 1. The number of pyridine rings is 2. The van der Waals surface area contributed by atoms with Gasteiger partial charge in [-0.25, -0.2) is 4.79 Å². The van der Waals surface area contributed by atoms with Crippen molar-refractivity contribution in [3.05, 3.63) is 82.6 Å². The van der Waals surface area contributed by atoms with Crippen LogP contribution < -0.4 is 5.32 Å². The number of anilines is 2. The fourth-order valence-electron chi connectivity index (χ4n) is 3.42. The largest absolute Gasteiger partial charge is 0.478 e. The Kier molecular flexibility index (Phi) is 6.41. The summed E-state index contributed by atoms with van der Waals surface area (Å²) >= 11 is 6.26. The number of nitrogens with zero attached hydrogens (tertiary/aromatic N) is 2. The van der Waals surface area contributed by atoms with Crippen molar-refractivity contribution in [2.45, 2.75) is 12.8 Å².